The third kappa shape index (κ3) is 2.95. The summed E-state index contributed by atoms with van der Waals surface area (Å²) in [5.41, 5.74) is 3.78. The largest absolute Gasteiger partial charge is 0.322 e. The highest BCUT2D eigenvalue weighted by molar-refractivity contribution is 7.93. The lowest BCUT2D eigenvalue weighted by Crippen LogP contribution is -2.30. The van der Waals surface area contributed by atoms with Gasteiger partial charge >= 0.3 is 0 Å². The molecule has 0 atom stereocenters. The predicted molar refractivity (Wildman–Crippen MR) is 112 cm³/mol. The molecule has 0 aromatic heterocycles. The number of sulfonamides is 1. The molecule has 3 aromatic carbocycles. The number of carbonyl (C=O) groups excluding carboxylic acids is 1. The summed E-state index contributed by atoms with van der Waals surface area (Å²) >= 11 is 6.03. The van der Waals surface area contributed by atoms with Gasteiger partial charge < -0.3 is 5.32 Å². The van der Waals surface area contributed by atoms with Crippen LogP contribution in [-0.2, 0) is 10.0 Å². The fraction of sp³-hybridized carbons (Fsp3) is 0.0952. The van der Waals surface area contributed by atoms with Gasteiger partial charge in [0, 0.05) is 34.4 Å². The Balaban J connectivity index is 1.78. The molecule has 0 fully saturated rings. The van der Waals surface area contributed by atoms with E-state index in [2.05, 4.69) is 5.32 Å². The van der Waals surface area contributed by atoms with Crippen LogP contribution in [0.15, 0.2) is 65.6 Å². The highest BCUT2D eigenvalue weighted by Gasteiger charge is 2.32. The van der Waals surface area contributed by atoms with E-state index in [-0.39, 0.29) is 10.8 Å². The monoisotopic (exact) mass is 412 g/mol. The van der Waals surface area contributed by atoms with E-state index in [0.717, 1.165) is 5.56 Å². The number of hydrogen-bond donors (Lipinski definition) is 1. The Morgan fingerprint density at radius 2 is 1.75 bits per heavy atom. The number of anilines is 2. The summed E-state index contributed by atoms with van der Waals surface area (Å²) in [7, 11) is -2.10. The van der Waals surface area contributed by atoms with Gasteiger partial charge in [0.1, 0.15) is 0 Å². The van der Waals surface area contributed by atoms with Crippen molar-refractivity contribution in [3.05, 3.63) is 76.8 Å². The number of halogens is 1. The van der Waals surface area contributed by atoms with Crippen molar-refractivity contribution >= 4 is 38.9 Å². The Labute approximate surface area is 168 Å². The van der Waals surface area contributed by atoms with Crippen LogP contribution in [0.5, 0.6) is 0 Å². The number of carbonyl (C=O) groups is 1. The Hall–Kier alpha value is -2.83. The molecule has 0 saturated heterocycles. The number of nitrogens with one attached hydrogen (secondary N) is 1. The van der Waals surface area contributed by atoms with E-state index in [1.807, 2.05) is 13.0 Å². The Morgan fingerprint density at radius 1 is 1.00 bits per heavy atom. The fourth-order valence-corrected chi connectivity index (χ4v) is 4.87. The van der Waals surface area contributed by atoms with Crippen molar-refractivity contribution < 1.29 is 13.2 Å². The SMILES string of the molecule is Cc1ccc(Cl)cc1NC(=O)c1ccc2c(c1)-c1ccccc1S(=O)(=O)N2C. The molecule has 142 valence electrons. The minimum absolute atomic E-state index is 0.230. The molecule has 0 saturated carbocycles. The lowest BCUT2D eigenvalue weighted by atomic mass is 10.00. The fourth-order valence-electron chi connectivity index (χ4n) is 3.28. The van der Waals surface area contributed by atoms with Crippen molar-refractivity contribution in [3.63, 3.8) is 0 Å². The first-order valence-electron chi connectivity index (χ1n) is 8.59. The van der Waals surface area contributed by atoms with Crippen molar-refractivity contribution in [2.75, 3.05) is 16.7 Å². The van der Waals surface area contributed by atoms with Crippen LogP contribution in [-0.4, -0.2) is 21.4 Å². The number of hydrogen-bond acceptors (Lipinski definition) is 3. The van der Waals surface area contributed by atoms with Crippen LogP contribution in [0.25, 0.3) is 11.1 Å². The molecule has 4 rings (SSSR count). The second-order valence-electron chi connectivity index (χ2n) is 6.61. The van der Waals surface area contributed by atoms with Gasteiger partial charge in [-0.2, -0.15) is 0 Å². The molecule has 1 amide bonds. The van der Waals surface area contributed by atoms with Crippen LogP contribution < -0.4 is 9.62 Å². The first-order valence-corrected chi connectivity index (χ1v) is 10.4. The lowest BCUT2D eigenvalue weighted by molar-refractivity contribution is 0.102. The second kappa shape index (κ2) is 6.65. The van der Waals surface area contributed by atoms with Crippen molar-refractivity contribution in [3.8, 4) is 11.1 Å². The summed E-state index contributed by atoms with van der Waals surface area (Å²) in [5, 5.41) is 3.40. The quantitative estimate of drug-likeness (QED) is 0.663. The highest BCUT2D eigenvalue weighted by atomic mass is 35.5. The third-order valence-corrected chi connectivity index (χ3v) is 6.93. The second-order valence-corrected chi connectivity index (χ2v) is 8.99. The molecule has 0 spiro atoms. The molecule has 3 aromatic rings. The van der Waals surface area contributed by atoms with E-state index in [1.165, 1.54) is 11.4 Å². The van der Waals surface area contributed by atoms with Crippen molar-refractivity contribution in [2.45, 2.75) is 11.8 Å². The zero-order valence-corrected chi connectivity index (χ0v) is 16.8. The zero-order chi connectivity index (χ0) is 20.1. The number of amides is 1. The molecular weight excluding hydrogens is 396 g/mol. The molecule has 5 nitrogen and oxygen atoms in total. The number of aryl methyl sites for hydroxylation is 1. The van der Waals surface area contributed by atoms with Crippen LogP contribution in [0.1, 0.15) is 15.9 Å². The maximum atomic E-state index is 12.8. The number of nitrogens with zero attached hydrogens (tertiary/aromatic N) is 1. The van der Waals surface area contributed by atoms with E-state index < -0.39 is 10.0 Å². The molecular formula is C21H17ClN2O3S. The van der Waals surface area contributed by atoms with Crippen LogP contribution in [0.3, 0.4) is 0 Å². The summed E-state index contributed by atoms with van der Waals surface area (Å²) in [6.07, 6.45) is 0. The van der Waals surface area contributed by atoms with Crippen molar-refractivity contribution in [2.24, 2.45) is 0 Å². The first-order chi connectivity index (χ1) is 13.3. The molecule has 28 heavy (non-hydrogen) atoms. The summed E-state index contributed by atoms with van der Waals surface area (Å²) in [6.45, 7) is 1.88. The van der Waals surface area contributed by atoms with Crippen LogP contribution >= 0.6 is 11.6 Å². The minimum atomic E-state index is -3.61. The molecule has 0 bridgehead atoms. The maximum Gasteiger partial charge on any atom is 0.264 e. The molecule has 1 aliphatic rings. The molecule has 0 aliphatic carbocycles. The van der Waals surface area contributed by atoms with Gasteiger partial charge in [0.05, 0.1) is 10.6 Å². The van der Waals surface area contributed by atoms with E-state index in [9.17, 15) is 13.2 Å². The van der Waals surface area contributed by atoms with Crippen LogP contribution in [0.4, 0.5) is 11.4 Å². The van der Waals surface area contributed by atoms with Crippen molar-refractivity contribution in [1.29, 1.82) is 0 Å². The van der Waals surface area contributed by atoms with Gasteiger partial charge in [0.2, 0.25) is 0 Å². The van der Waals surface area contributed by atoms with Gasteiger partial charge in [-0.1, -0.05) is 35.9 Å². The highest BCUT2D eigenvalue weighted by Crippen LogP contribution is 2.42. The van der Waals surface area contributed by atoms with Crippen molar-refractivity contribution in [1.82, 2.24) is 0 Å². The topological polar surface area (TPSA) is 66.5 Å². The molecule has 0 radical (unpaired) electrons. The van der Waals surface area contributed by atoms with Gasteiger partial charge in [0.25, 0.3) is 15.9 Å². The van der Waals surface area contributed by atoms with Gasteiger partial charge in [-0.25, -0.2) is 8.42 Å². The normalized spacial score (nSPS) is 14.2. The molecule has 1 N–H and O–H groups in total. The molecule has 1 heterocycles. The van der Waals surface area contributed by atoms with E-state index in [4.69, 9.17) is 11.6 Å². The smallest absolute Gasteiger partial charge is 0.264 e. The standard InChI is InChI=1S/C21H17ClN2O3S/c1-13-7-9-15(22)12-18(13)23-21(25)14-8-10-19-17(11-14)16-5-3-4-6-20(16)28(26,27)24(19)2/h3-12H,1-2H3,(H,23,25). The van der Waals surface area contributed by atoms with E-state index in [0.29, 0.717) is 33.1 Å². The van der Waals surface area contributed by atoms with E-state index in [1.54, 1.807) is 54.6 Å². The van der Waals surface area contributed by atoms with E-state index >= 15 is 0 Å². The molecule has 0 unspecified atom stereocenters. The predicted octanol–water partition coefficient (Wildman–Crippen LogP) is 4.71. The lowest BCUT2D eigenvalue weighted by Gasteiger charge is -2.29. The average Bonchev–Trinajstić information content (AvgIpc) is 2.69. The Kier molecular flexibility index (Phi) is 4.40. The number of fused-ring (bicyclic) bond motifs is 3. The summed E-state index contributed by atoms with van der Waals surface area (Å²) < 4.78 is 26.7. The number of benzene rings is 3. The van der Waals surface area contributed by atoms with Crippen LogP contribution in [0, 0.1) is 6.92 Å². The molecule has 7 heteroatoms. The van der Waals surface area contributed by atoms with Gasteiger partial charge in [-0.15, -0.1) is 0 Å². The minimum Gasteiger partial charge on any atom is -0.322 e. The third-order valence-electron chi connectivity index (χ3n) is 4.86. The first kappa shape index (κ1) is 18.5. The Morgan fingerprint density at radius 3 is 2.54 bits per heavy atom. The summed E-state index contributed by atoms with van der Waals surface area (Å²) in [4.78, 5) is 13.0. The van der Waals surface area contributed by atoms with Crippen LogP contribution in [0.2, 0.25) is 5.02 Å². The summed E-state index contributed by atoms with van der Waals surface area (Å²) in [6, 6.07) is 17.1. The van der Waals surface area contributed by atoms with Gasteiger partial charge in [-0.3, -0.25) is 9.10 Å². The van der Waals surface area contributed by atoms with Gasteiger partial charge in [-0.05, 0) is 48.9 Å². The zero-order valence-electron chi connectivity index (χ0n) is 15.2. The summed E-state index contributed by atoms with van der Waals surface area (Å²) in [5.74, 6) is -0.290. The maximum absolute atomic E-state index is 12.8. The Bertz CT molecular complexity index is 1220. The number of rotatable bonds is 2. The molecule has 1 aliphatic heterocycles. The average molecular weight is 413 g/mol. The van der Waals surface area contributed by atoms with Gasteiger partial charge in [0.15, 0.2) is 0 Å².